The fourth-order valence-electron chi connectivity index (χ4n) is 2.29. The summed E-state index contributed by atoms with van der Waals surface area (Å²) in [6, 6.07) is 16.2. The van der Waals surface area contributed by atoms with Gasteiger partial charge in [-0.25, -0.2) is 4.68 Å². The molecule has 0 fully saturated rings. The van der Waals surface area contributed by atoms with Gasteiger partial charge in [0.25, 0.3) is 0 Å². The van der Waals surface area contributed by atoms with E-state index in [9.17, 15) is 0 Å². The molecule has 100 valence electrons. The van der Waals surface area contributed by atoms with Gasteiger partial charge in [0.1, 0.15) is 0 Å². The highest BCUT2D eigenvalue weighted by Crippen LogP contribution is 2.26. The number of rotatable bonds is 3. The van der Waals surface area contributed by atoms with Gasteiger partial charge in [-0.2, -0.15) is 0 Å². The van der Waals surface area contributed by atoms with Crippen LogP contribution in [-0.4, -0.2) is 15.0 Å². The molecule has 2 N–H and O–H groups in total. The number of para-hydroxylation sites is 1. The molecule has 3 aromatic rings. The fraction of sp³-hybridized carbons (Fsp3) is 0.125. The molecule has 0 spiro atoms. The van der Waals surface area contributed by atoms with E-state index in [4.69, 9.17) is 5.73 Å². The van der Waals surface area contributed by atoms with Crippen LogP contribution in [0.3, 0.4) is 0 Å². The van der Waals surface area contributed by atoms with Crippen LogP contribution in [0, 0.1) is 6.92 Å². The maximum absolute atomic E-state index is 5.85. The Balaban J connectivity index is 2.18. The van der Waals surface area contributed by atoms with E-state index in [2.05, 4.69) is 35.4 Å². The first-order valence-electron chi connectivity index (χ1n) is 6.55. The van der Waals surface area contributed by atoms with Crippen LogP contribution in [-0.2, 0) is 6.54 Å². The molecule has 2 aromatic carbocycles. The summed E-state index contributed by atoms with van der Waals surface area (Å²) in [7, 11) is 0. The van der Waals surface area contributed by atoms with Crippen LogP contribution in [0.1, 0.15) is 11.1 Å². The standard InChI is InChI=1S/C16H16N4/c1-12-7-8-13(10-17)15(9-12)16-11-18-19-20(16)14-5-3-2-4-6-14/h2-9,11H,10,17H2,1H3. The van der Waals surface area contributed by atoms with Crippen LogP contribution >= 0.6 is 0 Å². The monoisotopic (exact) mass is 264 g/mol. The minimum atomic E-state index is 0.496. The Morgan fingerprint density at radius 3 is 2.65 bits per heavy atom. The average molecular weight is 264 g/mol. The second kappa shape index (κ2) is 5.27. The zero-order valence-corrected chi connectivity index (χ0v) is 11.3. The van der Waals surface area contributed by atoms with Gasteiger partial charge < -0.3 is 5.73 Å². The molecule has 0 aliphatic carbocycles. The maximum Gasteiger partial charge on any atom is 0.0947 e. The number of hydrogen-bond acceptors (Lipinski definition) is 3. The zero-order chi connectivity index (χ0) is 13.9. The first-order valence-corrected chi connectivity index (χ1v) is 6.55. The van der Waals surface area contributed by atoms with Crippen molar-refractivity contribution in [3.05, 3.63) is 65.9 Å². The van der Waals surface area contributed by atoms with Crippen LogP contribution in [0.4, 0.5) is 0 Å². The number of aryl methyl sites for hydroxylation is 1. The summed E-state index contributed by atoms with van der Waals surface area (Å²) in [5, 5.41) is 8.25. The van der Waals surface area contributed by atoms with E-state index in [-0.39, 0.29) is 0 Å². The van der Waals surface area contributed by atoms with Gasteiger partial charge in [0.05, 0.1) is 17.6 Å². The molecule has 0 radical (unpaired) electrons. The van der Waals surface area contributed by atoms with Crippen molar-refractivity contribution in [3.8, 4) is 16.9 Å². The summed E-state index contributed by atoms with van der Waals surface area (Å²) < 4.78 is 1.84. The van der Waals surface area contributed by atoms with Gasteiger partial charge in [-0.3, -0.25) is 0 Å². The predicted octanol–water partition coefficient (Wildman–Crippen LogP) is 2.70. The minimum absolute atomic E-state index is 0.496. The summed E-state index contributed by atoms with van der Waals surface area (Å²) in [4.78, 5) is 0. The van der Waals surface area contributed by atoms with E-state index in [1.807, 2.05) is 35.0 Å². The van der Waals surface area contributed by atoms with Crippen molar-refractivity contribution >= 4 is 0 Å². The van der Waals surface area contributed by atoms with Crippen molar-refractivity contribution in [3.63, 3.8) is 0 Å². The van der Waals surface area contributed by atoms with Crippen LogP contribution in [0.2, 0.25) is 0 Å². The molecule has 4 nitrogen and oxygen atoms in total. The lowest BCUT2D eigenvalue weighted by Crippen LogP contribution is -2.04. The SMILES string of the molecule is Cc1ccc(CN)c(-c2cnnn2-c2ccccc2)c1. The van der Waals surface area contributed by atoms with Gasteiger partial charge in [-0.05, 0) is 30.7 Å². The molecule has 1 aromatic heterocycles. The van der Waals surface area contributed by atoms with E-state index >= 15 is 0 Å². The van der Waals surface area contributed by atoms with Gasteiger partial charge in [0.2, 0.25) is 0 Å². The molecule has 0 amide bonds. The molecule has 20 heavy (non-hydrogen) atoms. The Labute approximate surface area is 117 Å². The molecular weight excluding hydrogens is 248 g/mol. The molecule has 0 atom stereocenters. The second-order valence-electron chi connectivity index (χ2n) is 4.73. The van der Waals surface area contributed by atoms with Crippen molar-refractivity contribution in [1.29, 1.82) is 0 Å². The highest BCUT2D eigenvalue weighted by atomic mass is 15.4. The summed E-state index contributed by atoms with van der Waals surface area (Å²) in [6.07, 6.45) is 1.78. The predicted molar refractivity (Wildman–Crippen MR) is 79.4 cm³/mol. The Bertz CT molecular complexity index is 716. The van der Waals surface area contributed by atoms with Gasteiger partial charge in [0, 0.05) is 12.1 Å². The molecule has 3 rings (SSSR count). The van der Waals surface area contributed by atoms with Crippen molar-refractivity contribution < 1.29 is 0 Å². The third-order valence-electron chi connectivity index (χ3n) is 3.31. The Morgan fingerprint density at radius 1 is 1.10 bits per heavy atom. The lowest BCUT2D eigenvalue weighted by atomic mass is 10.0. The van der Waals surface area contributed by atoms with Crippen LogP contribution < -0.4 is 5.73 Å². The van der Waals surface area contributed by atoms with Crippen LogP contribution in [0.15, 0.2) is 54.7 Å². The van der Waals surface area contributed by atoms with Gasteiger partial charge >= 0.3 is 0 Å². The number of nitrogens with two attached hydrogens (primary N) is 1. The van der Waals surface area contributed by atoms with Crippen molar-refractivity contribution in [2.75, 3.05) is 0 Å². The van der Waals surface area contributed by atoms with Crippen LogP contribution in [0.5, 0.6) is 0 Å². The van der Waals surface area contributed by atoms with Crippen LogP contribution in [0.25, 0.3) is 16.9 Å². The van der Waals surface area contributed by atoms with Gasteiger partial charge in [0.15, 0.2) is 0 Å². The molecular formula is C16H16N4. The number of nitrogens with zero attached hydrogens (tertiary/aromatic N) is 3. The summed E-state index contributed by atoms with van der Waals surface area (Å²) in [5.74, 6) is 0. The first kappa shape index (κ1) is 12.6. The molecule has 0 aliphatic rings. The largest absolute Gasteiger partial charge is 0.326 e. The molecule has 0 saturated carbocycles. The van der Waals surface area contributed by atoms with E-state index in [0.717, 1.165) is 22.5 Å². The third-order valence-corrected chi connectivity index (χ3v) is 3.31. The third kappa shape index (κ3) is 2.21. The lowest BCUT2D eigenvalue weighted by molar-refractivity contribution is 0.807. The molecule has 0 unspecified atom stereocenters. The molecule has 0 saturated heterocycles. The zero-order valence-electron chi connectivity index (χ0n) is 11.3. The molecule has 0 bridgehead atoms. The fourth-order valence-corrected chi connectivity index (χ4v) is 2.29. The number of hydrogen-bond donors (Lipinski definition) is 1. The smallest absolute Gasteiger partial charge is 0.0947 e. The normalized spacial score (nSPS) is 10.7. The second-order valence-corrected chi connectivity index (χ2v) is 4.73. The minimum Gasteiger partial charge on any atom is -0.326 e. The van der Waals surface area contributed by atoms with E-state index in [1.165, 1.54) is 5.56 Å². The molecule has 0 aliphatic heterocycles. The van der Waals surface area contributed by atoms with Gasteiger partial charge in [-0.15, -0.1) is 5.10 Å². The summed E-state index contributed by atoms with van der Waals surface area (Å²) in [6.45, 7) is 2.57. The first-order chi connectivity index (χ1) is 9.79. The number of aromatic nitrogens is 3. The molecule has 1 heterocycles. The van der Waals surface area contributed by atoms with E-state index in [0.29, 0.717) is 6.54 Å². The van der Waals surface area contributed by atoms with E-state index in [1.54, 1.807) is 6.20 Å². The Hall–Kier alpha value is -2.46. The topological polar surface area (TPSA) is 56.7 Å². The lowest BCUT2D eigenvalue weighted by Gasteiger charge is -2.11. The van der Waals surface area contributed by atoms with Gasteiger partial charge in [-0.1, -0.05) is 41.1 Å². The Morgan fingerprint density at radius 2 is 1.90 bits per heavy atom. The number of benzene rings is 2. The summed E-state index contributed by atoms with van der Waals surface area (Å²) in [5.41, 5.74) is 11.2. The van der Waals surface area contributed by atoms with E-state index < -0.39 is 0 Å². The highest BCUT2D eigenvalue weighted by molar-refractivity contribution is 5.66. The summed E-state index contributed by atoms with van der Waals surface area (Å²) >= 11 is 0. The average Bonchev–Trinajstić information content (AvgIpc) is 2.97. The quantitative estimate of drug-likeness (QED) is 0.791. The Kier molecular flexibility index (Phi) is 3.31. The molecule has 4 heteroatoms. The highest BCUT2D eigenvalue weighted by Gasteiger charge is 2.12. The van der Waals surface area contributed by atoms with Crippen molar-refractivity contribution in [1.82, 2.24) is 15.0 Å². The maximum atomic E-state index is 5.85. The van der Waals surface area contributed by atoms with Crippen molar-refractivity contribution in [2.45, 2.75) is 13.5 Å². The van der Waals surface area contributed by atoms with Crippen molar-refractivity contribution in [2.24, 2.45) is 5.73 Å².